The maximum Gasteiger partial charge on any atom is 0.0818 e. The first-order chi connectivity index (χ1) is 9.85. The Morgan fingerprint density at radius 3 is 2.10 bits per heavy atom. The van der Waals surface area contributed by atoms with Crippen molar-refractivity contribution in [2.45, 2.75) is 83.7 Å². The Labute approximate surface area is 125 Å². The number of unbranched alkanes of at least 4 members (excludes halogenated alkanes) is 8. The average molecular weight is 283 g/mol. The molecule has 0 spiro atoms. The molecule has 3 nitrogen and oxygen atoms in total. The minimum Gasteiger partial charge on any atom is -0.382 e. The SMILES string of the molecule is CCCCCCCCCCCOC(CCC#N)COC. The van der Waals surface area contributed by atoms with E-state index in [2.05, 4.69) is 13.0 Å². The lowest BCUT2D eigenvalue weighted by Crippen LogP contribution is -2.19. The van der Waals surface area contributed by atoms with E-state index in [0.717, 1.165) is 19.4 Å². The van der Waals surface area contributed by atoms with E-state index in [1.54, 1.807) is 7.11 Å². The fraction of sp³-hybridized carbons (Fsp3) is 0.941. The molecule has 118 valence electrons. The molecule has 0 N–H and O–H groups in total. The maximum atomic E-state index is 8.58. The Hall–Kier alpha value is -0.590. The molecule has 20 heavy (non-hydrogen) atoms. The Morgan fingerprint density at radius 1 is 0.950 bits per heavy atom. The number of rotatable bonds is 15. The van der Waals surface area contributed by atoms with Gasteiger partial charge in [0.25, 0.3) is 0 Å². The molecule has 0 aliphatic heterocycles. The normalized spacial score (nSPS) is 12.2. The van der Waals surface area contributed by atoms with E-state index in [1.807, 2.05) is 0 Å². The molecule has 0 aliphatic carbocycles. The van der Waals surface area contributed by atoms with Gasteiger partial charge < -0.3 is 9.47 Å². The number of nitriles is 1. The summed E-state index contributed by atoms with van der Waals surface area (Å²) < 4.78 is 10.9. The quantitative estimate of drug-likeness (QED) is 0.403. The molecule has 1 atom stereocenters. The predicted octanol–water partition coefficient (Wildman–Crippen LogP) is 4.85. The molecule has 0 rings (SSSR count). The lowest BCUT2D eigenvalue weighted by Gasteiger charge is -2.15. The topological polar surface area (TPSA) is 42.2 Å². The van der Waals surface area contributed by atoms with Crippen LogP contribution in [0.25, 0.3) is 0 Å². The average Bonchev–Trinajstić information content (AvgIpc) is 2.46. The maximum absolute atomic E-state index is 8.58. The first kappa shape index (κ1) is 19.4. The van der Waals surface area contributed by atoms with Crippen molar-refractivity contribution in [1.82, 2.24) is 0 Å². The minimum atomic E-state index is 0.0914. The highest BCUT2D eigenvalue weighted by molar-refractivity contribution is 4.72. The van der Waals surface area contributed by atoms with Crippen molar-refractivity contribution in [2.75, 3.05) is 20.3 Å². The molecule has 0 bridgehead atoms. The van der Waals surface area contributed by atoms with Crippen molar-refractivity contribution in [3.8, 4) is 6.07 Å². The van der Waals surface area contributed by atoms with Crippen LogP contribution in [0, 0.1) is 11.3 Å². The summed E-state index contributed by atoms with van der Waals surface area (Å²) in [6, 6.07) is 2.16. The molecular formula is C17H33NO2. The van der Waals surface area contributed by atoms with Crippen LogP contribution in [0.4, 0.5) is 0 Å². The summed E-state index contributed by atoms with van der Waals surface area (Å²) in [4.78, 5) is 0. The lowest BCUT2D eigenvalue weighted by atomic mass is 10.1. The van der Waals surface area contributed by atoms with Gasteiger partial charge in [-0.1, -0.05) is 58.3 Å². The van der Waals surface area contributed by atoms with Crippen molar-refractivity contribution in [2.24, 2.45) is 0 Å². The van der Waals surface area contributed by atoms with Gasteiger partial charge in [0.15, 0.2) is 0 Å². The number of hydrogen-bond acceptors (Lipinski definition) is 3. The molecule has 1 unspecified atom stereocenters. The van der Waals surface area contributed by atoms with E-state index in [1.165, 1.54) is 51.4 Å². The van der Waals surface area contributed by atoms with Gasteiger partial charge in [-0.15, -0.1) is 0 Å². The molecule has 3 heteroatoms. The highest BCUT2D eigenvalue weighted by Crippen LogP contribution is 2.10. The van der Waals surface area contributed by atoms with Crippen molar-refractivity contribution < 1.29 is 9.47 Å². The van der Waals surface area contributed by atoms with Crippen LogP contribution >= 0.6 is 0 Å². The fourth-order valence-electron chi connectivity index (χ4n) is 2.29. The van der Waals surface area contributed by atoms with Gasteiger partial charge >= 0.3 is 0 Å². The third-order valence-electron chi connectivity index (χ3n) is 3.53. The summed E-state index contributed by atoms with van der Waals surface area (Å²) >= 11 is 0. The number of hydrogen-bond donors (Lipinski definition) is 0. The lowest BCUT2D eigenvalue weighted by molar-refractivity contribution is -0.00690. The van der Waals surface area contributed by atoms with Crippen LogP contribution in [-0.4, -0.2) is 26.4 Å². The summed E-state index contributed by atoms with van der Waals surface area (Å²) in [5.74, 6) is 0. The third-order valence-corrected chi connectivity index (χ3v) is 3.53. The largest absolute Gasteiger partial charge is 0.382 e. The van der Waals surface area contributed by atoms with Crippen molar-refractivity contribution in [1.29, 1.82) is 5.26 Å². The van der Waals surface area contributed by atoms with Crippen molar-refractivity contribution in [3.63, 3.8) is 0 Å². The highest BCUT2D eigenvalue weighted by atomic mass is 16.5. The monoisotopic (exact) mass is 283 g/mol. The zero-order valence-corrected chi connectivity index (χ0v) is 13.5. The van der Waals surface area contributed by atoms with Crippen molar-refractivity contribution >= 4 is 0 Å². The van der Waals surface area contributed by atoms with Gasteiger partial charge in [0, 0.05) is 20.1 Å². The molecule has 0 saturated heterocycles. The number of ether oxygens (including phenoxy) is 2. The Morgan fingerprint density at radius 2 is 1.55 bits per heavy atom. The first-order valence-electron chi connectivity index (χ1n) is 8.32. The van der Waals surface area contributed by atoms with E-state index < -0.39 is 0 Å². The van der Waals surface area contributed by atoms with Gasteiger partial charge in [-0.2, -0.15) is 5.26 Å². The van der Waals surface area contributed by atoms with Crippen LogP contribution < -0.4 is 0 Å². The standard InChI is InChI=1S/C17H33NO2/c1-3-4-5-6-7-8-9-10-11-15-20-17(16-19-2)13-12-14-18/h17H,3-13,15-16H2,1-2H3. The summed E-state index contributed by atoms with van der Waals surface area (Å²) in [6.07, 6.45) is 13.4. The van der Waals surface area contributed by atoms with Crippen LogP contribution in [0.15, 0.2) is 0 Å². The Balaban J connectivity index is 3.29. The van der Waals surface area contributed by atoms with Gasteiger partial charge in [-0.3, -0.25) is 0 Å². The molecule has 0 radical (unpaired) electrons. The van der Waals surface area contributed by atoms with Crippen LogP contribution in [0.1, 0.15) is 77.6 Å². The van der Waals surface area contributed by atoms with E-state index in [9.17, 15) is 0 Å². The van der Waals surface area contributed by atoms with E-state index in [-0.39, 0.29) is 6.10 Å². The number of methoxy groups -OCH3 is 1. The second kappa shape index (κ2) is 16.5. The van der Waals surface area contributed by atoms with Crippen molar-refractivity contribution in [3.05, 3.63) is 0 Å². The highest BCUT2D eigenvalue weighted by Gasteiger charge is 2.07. The minimum absolute atomic E-state index is 0.0914. The summed E-state index contributed by atoms with van der Waals surface area (Å²) in [7, 11) is 1.68. The first-order valence-corrected chi connectivity index (χ1v) is 8.32. The second-order valence-corrected chi connectivity index (χ2v) is 5.47. The van der Waals surface area contributed by atoms with E-state index in [0.29, 0.717) is 13.0 Å². The molecule has 0 aromatic rings. The summed E-state index contributed by atoms with van der Waals surface area (Å²) in [5.41, 5.74) is 0. The fourth-order valence-corrected chi connectivity index (χ4v) is 2.29. The van der Waals surface area contributed by atoms with E-state index >= 15 is 0 Å². The number of nitrogens with zero attached hydrogens (tertiary/aromatic N) is 1. The van der Waals surface area contributed by atoms with Gasteiger partial charge in [0.2, 0.25) is 0 Å². The molecule has 0 amide bonds. The van der Waals surface area contributed by atoms with Gasteiger partial charge in [-0.25, -0.2) is 0 Å². The molecule has 0 heterocycles. The molecule has 0 saturated carbocycles. The smallest absolute Gasteiger partial charge is 0.0818 e. The zero-order valence-electron chi connectivity index (χ0n) is 13.5. The predicted molar refractivity (Wildman–Crippen MR) is 83.7 cm³/mol. The van der Waals surface area contributed by atoms with Crippen LogP contribution in [0.2, 0.25) is 0 Å². The van der Waals surface area contributed by atoms with Crippen LogP contribution in [-0.2, 0) is 9.47 Å². The molecule has 0 aromatic heterocycles. The molecule has 0 fully saturated rings. The summed E-state index contributed by atoms with van der Waals surface area (Å²) in [6.45, 7) is 3.65. The van der Waals surface area contributed by atoms with Gasteiger partial charge in [-0.05, 0) is 12.8 Å². The van der Waals surface area contributed by atoms with Gasteiger partial charge in [0.05, 0.1) is 18.8 Å². The Kier molecular flexibility index (Phi) is 16.0. The third kappa shape index (κ3) is 13.8. The molecule has 0 aromatic carbocycles. The second-order valence-electron chi connectivity index (χ2n) is 5.47. The summed E-state index contributed by atoms with van der Waals surface area (Å²) in [5, 5.41) is 8.58. The van der Waals surface area contributed by atoms with E-state index in [4.69, 9.17) is 14.7 Å². The molecular weight excluding hydrogens is 250 g/mol. The zero-order chi connectivity index (χ0) is 14.9. The van der Waals surface area contributed by atoms with Crippen LogP contribution in [0.3, 0.4) is 0 Å². The van der Waals surface area contributed by atoms with Crippen LogP contribution in [0.5, 0.6) is 0 Å². The molecule has 0 aliphatic rings. The Bertz CT molecular complexity index is 226. The van der Waals surface area contributed by atoms with Gasteiger partial charge in [0.1, 0.15) is 0 Å².